The van der Waals surface area contributed by atoms with Crippen molar-refractivity contribution >= 4 is 17.1 Å². The van der Waals surface area contributed by atoms with E-state index < -0.39 is 11.7 Å². The third-order valence-corrected chi connectivity index (χ3v) is 3.40. The molecule has 0 aromatic heterocycles. The highest BCUT2D eigenvalue weighted by Gasteiger charge is 2.35. The Morgan fingerprint density at radius 3 is 2.14 bits per heavy atom. The molecular weight excluding hydrogens is 277 g/mol. The van der Waals surface area contributed by atoms with Crippen LogP contribution in [0.25, 0.3) is 0 Å². The standard InChI is InChI=1S/C16H17F3N2/c1-10-4-6-14(11(2)8-10)21(3)15-7-5-12(20)9-13(15)16(17,18)19/h4-9H,20H2,1-3H3. The van der Waals surface area contributed by atoms with Crippen molar-refractivity contribution in [1.82, 2.24) is 0 Å². The fourth-order valence-corrected chi connectivity index (χ4v) is 2.38. The minimum absolute atomic E-state index is 0.0867. The molecule has 0 bridgehead atoms. The first-order valence-electron chi connectivity index (χ1n) is 6.48. The molecule has 2 aromatic carbocycles. The monoisotopic (exact) mass is 294 g/mol. The number of hydrogen-bond donors (Lipinski definition) is 1. The third kappa shape index (κ3) is 3.12. The number of alkyl halides is 3. The molecule has 0 aliphatic carbocycles. The van der Waals surface area contributed by atoms with Crippen LogP contribution >= 0.6 is 0 Å². The van der Waals surface area contributed by atoms with Crippen LogP contribution in [0.5, 0.6) is 0 Å². The Morgan fingerprint density at radius 1 is 0.952 bits per heavy atom. The second kappa shape index (κ2) is 5.31. The zero-order valence-corrected chi connectivity index (χ0v) is 12.1. The molecule has 0 saturated carbocycles. The molecular formula is C16H17F3N2. The lowest BCUT2D eigenvalue weighted by molar-refractivity contribution is -0.137. The van der Waals surface area contributed by atoms with E-state index in [1.165, 1.54) is 17.0 Å². The van der Waals surface area contributed by atoms with Gasteiger partial charge in [0.15, 0.2) is 0 Å². The van der Waals surface area contributed by atoms with Crippen LogP contribution in [0, 0.1) is 13.8 Å². The fourth-order valence-electron chi connectivity index (χ4n) is 2.38. The fraction of sp³-hybridized carbons (Fsp3) is 0.250. The van der Waals surface area contributed by atoms with Crippen LogP contribution in [0.15, 0.2) is 36.4 Å². The summed E-state index contributed by atoms with van der Waals surface area (Å²) in [5, 5.41) is 0. The quantitative estimate of drug-likeness (QED) is 0.815. The molecule has 0 atom stereocenters. The van der Waals surface area contributed by atoms with Crippen molar-refractivity contribution in [2.24, 2.45) is 0 Å². The van der Waals surface area contributed by atoms with Crippen molar-refractivity contribution in [3.05, 3.63) is 53.1 Å². The van der Waals surface area contributed by atoms with E-state index in [1.54, 1.807) is 7.05 Å². The van der Waals surface area contributed by atoms with Crippen LogP contribution in [0.1, 0.15) is 16.7 Å². The van der Waals surface area contributed by atoms with Gasteiger partial charge in [-0.15, -0.1) is 0 Å². The summed E-state index contributed by atoms with van der Waals surface area (Å²) in [5.41, 5.74) is 7.67. The molecule has 0 saturated heterocycles. The van der Waals surface area contributed by atoms with Crippen LogP contribution in [0.3, 0.4) is 0 Å². The van der Waals surface area contributed by atoms with Crippen LogP contribution in [0.2, 0.25) is 0 Å². The lowest BCUT2D eigenvalue weighted by Gasteiger charge is -2.25. The average Bonchev–Trinajstić information content (AvgIpc) is 2.37. The number of nitrogens with two attached hydrogens (primary N) is 1. The van der Waals surface area contributed by atoms with Gasteiger partial charge in [0.2, 0.25) is 0 Å². The third-order valence-electron chi connectivity index (χ3n) is 3.40. The van der Waals surface area contributed by atoms with E-state index >= 15 is 0 Å². The van der Waals surface area contributed by atoms with E-state index in [1.807, 2.05) is 32.0 Å². The molecule has 21 heavy (non-hydrogen) atoms. The van der Waals surface area contributed by atoms with Gasteiger partial charge in [0, 0.05) is 18.4 Å². The van der Waals surface area contributed by atoms with Crippen LogP contribution in [0.4, 0.5) is 30.2 Å². The Balaban J connectivity index is 2.55. The van der Waals surface area contributed by atoms with Crippen LogP contribution < -0.4 is 10.6 Å². The van der Waals surface area contributed by atoms with Crippen LogP contribution in [-0.2, 0) is 6.18 Å². The predicted molar refractivity (Wildman–Crippen MR) is 79.8 cm³/mol. The predicted octanol–water partition coefficient (Wildman–Crippen LogP) is 4.67. The molecule has 0 radical (unpaired) electrons. The van der Waals surface area contributed by atoms with E-state index in [4.69, 9.17) is 5.73 Å². The van der Waals surface area contributed by atoms with E-state index in [0.29, 0.717) is 0 Å². The van der Waals surface area contributed by atoms with E-state index in [0.717, 1.165) is 22.9 Å². The van der Waals surface area contributed by atoms with Crippen molar-refractivity contribution in [2.45, 2.75) is 20.0 Å². The minimum atomic E-state index is -4.45. The van der Waals surface area contributed by atoms with Crippen molar-refractivity contribution < 1.29 is 13.2 Å². The summed E-state index contributed by atoms with van der Waals surface area (Å²) in [6.07, 6.45) is -4.45. The van der Waals surface area contributed by atoms with E-state index in [9.17, 15) is 13.2 Å². The summed E-state index contributed by atoms with van der Waals surface area (Å²) in [6, 6.07) is 9.48. The molecule has 0 spiro atoms. The second-order valence-electron chi connectivity index (χ2n) is 5.12. The van der Waals surface area contributed by atoms with E-state index in [2.05, 4.69) is 0 Å². The van der Waals surface area contributed by atoms with Gasteiger partial charge >= 0.3 is 6.18 Å². The summed E-state index contributed by atoms with van der Waals surface area (Å²) in [6.45, 7) is 3.82. The van der Waals surface area contributed by atoms with Crippen molar-refractivity contribution in [3.8, 4) is 0 Å². The van der Waals surface area contributed by atoms with Crippen molar-refractivity contribution in [3.63, 3.8) is 0 Å². The lowest BCUT2D eigenvalue weighted by atomic mass is 10.1. The van der Waals surface area contributed by atoms with Gasteiger partial charge < -0.3 is 10.6 Å². The average molecular weight is 294 g/mol. The molecule has 5 heteroatoms. The van der Waals surface area contributed by atoms with Gasteiger partial charge in [-0.3, -0.25) is 0 Å². The first-order chi connectivity index (χ1) is 9.70. The Bertz CT molecular complexity index is 663. The van der Waals surface area contributed by atoms with Gasteiger partial charge in [0.05, 0.1) is 11.3 Å². The van der Waals surface area contributed by atoms with Crippen molar-refractivity contribution in [2.75, 3.05) is 17.7 Å². The van der Waals surface area contributed by atoms with E-state index in [-0.39, 0.29) is 11.4 Å². The Hall–Kier alpha value is -2.17. The van der Waals surface area contributed by atoms with Crippen molar-refractivity contribution in [1.29, 1.82) is 0 Å². The summed E-state index contributed by atoms with van der Waals surface area (Å²) in [7, 11) is 1.62. The normalized spacial score (nSPS) is 11.5. The van der Waals surface area contributed by atoms with Gasteiger partial charge in [-0.1, -0.05) is 17.7 Å². The van der Waals surface area contributed by atoms with Gasteiger partial charge in [-0.2, -0.15) is 13.2 Å². The number of anilines is 3. The largest absolute Gasteiger partial charge is 0.418 e. The smallest absolute Gasteiger partial charge is 0.399 e. The number of benzene rings is 2. The zero-order valence-electron chi connectivity index (χ0n) is 12.1. The summed E-state index contributed by atoms with van der Waals surface area (Å²) < 4.78 is 39.6. The molecule has 112 valence electrons. The highest BCUT2D eigenvalue weighted by Crippen LogP contribution is 2.40. The Kier molecular flexibility index (Phi) is 3.85. The maximum atomic E-state index is 13.2. The molecule has 0 amide bonds. The molecule has 0 aliphatic heterocycles. The first kappa shape index (κ1) is 15.2. The molecule has 0 fully saturated rings. The maximum Gasteiger partial charge on any atom is 0.418 e. The lowest BCUT2D eigenvalue weighted by Crippen LogP contribution is -2.17. The topological polar surface area (TPSA) is 29.3 Å². The number of aryl methyl sites for hydroxylation is 2. The molecule has 2 N–H and O–H groups in total. The zero-order chi connectivity index (χ0) is 15.8. The van der Waals surface area contributed by atoms with Crippen LogP contribution in [-0.4, -0.2) is 7.05 Å². The van der Waals surface area contributed by atoms with Gasteiger partial charge in [-0.05, 0) is 43.7 Å². The van der Waals surface area contributed by atoms with Gasteiger partial charge in [0.25, 0.3) is 0 Å². The number of rotatable bonds is 2. The number of halogens is 3. The molecule has 2 rings (SSSR count). The number of nitrogens with zero attached hydrogens (tertiary/aromatic N) is 1. The number of nitrogen functional groups attached to an aromatic ring is 1. The maximum absolute atomic E-state index is 13.2. The summed E-state index contributed by atoms with van der Waals surface area (Å²) in [5.74, 6) is 0. The molecule has 0 unspecified atom stereocenters. The van der Waals surface area contributed by atoms with Gasteiger partial charge in [-0.25, -0.2) is 0 Å². The molecule has 0 aliphatic rings. The summed E-state index contributed by atoms with van der Waals surface area (Å²) >= 11 is 0. The molecule has 2 aromatic rings. The highest BCUT2D eigenvalue weighted by atomic mass is 19.4. The Morgan fingerprint density at radius 2 is 1.57 bits per heavy atom. The highest BCUT2D eigenvalue weighted by molar-refractivity contribution is 5.71. The number of hydrogen-bond acceptors (Lipinski definition) is 2. The first-order valence-corrected chi connectivity index (χ1v) is 6.48. The second-order valence-corrected chi connectivity index (χ2v) is 5.12. The molecule has 0 heterocycles. The summed E-state index contributed by atoms with van der Waals surface area (Å²) in [4.78, 5) is 1.54. The van der Waals surface area contributed by atoms with Gasteiger partial charge in [0.1, 0.15) is 0 Å². The molecule has 2 nitrogen and oxygen atoms in total. The SMILES string of the molecule is Cc1ccc(N(C)c2ccc(N)cc2C(F)(F)F)c(C)c1. The minimum Gasteiger partial charge on any atom is -0.399 e. The Labute approximate surface area is 122 Å².